The van der Waals surface area contributed by atoms with Crippen molar-refractivity contribution in [3.63, 3.8) is 0 Å². The SMILES string of the molecule is O=C(C=Cc1c(Cl)nc2sccn12)N1CCN(c2ccc(F)cc2)CC1. The molecule has 0 bridgehead atoms. The molecule has 5 nitrogen and oxygen atoms in total. The average molecular weight is 391 g/mol. The molecule has 1 fully saturated rings. The van der Waals surface area contributed by atoms with Crippen molar-refractivity contribution in [2.45, 2.75) is 0 Å². The third kappa shape index (κ3) is 3.32. The number of aromatic nitrogens is 2. The highest BCUT2D eigenvalue weighted by molar-refractivity contribution is 7.15. The van der Waals surface area contributed by atoms with Crippen LogP contribution in [0.4, 0.5) is 10.1 Å². The first kappa shape index (κ1) is 17.1. The standard InChI is InChI=1S/C18H16ClFN4OS/c19-17-15(24-11-12-26-18(24)21-17)5-6-16(25)23-9-7-22(8-10-23)14-3-1-13(20)2-4-14/h1-6,11-12H,7-10H2. The topological polar surface area (TPSA) is 40.9 Å². The van der Waals surface area contributed by atoms with E-state index >= 15 is 0 Å². The lowest BCUT2D eigenvalue weighted by Crippen LogP contribution is -2.48. The van der Waals surface area contributed by atoms with E-state index in [0.717, 1.165) is 10.6 Å². The fraction of sp³-hybridized carbons (Fsp3) is 0.222. The summed E-state index contributed by atoms with van der Waals surface area (Å²) < 4.78 is 14.9. The van der Waals surface area contributed by atoms with Gasteiger partial charge in [-0.05, 0) is 30.3 Å². The molecule has 8 heteroatoms. The number of fused-ring (bicyclic) bond motifs is 1. The normalized spacial score (nSPS) is 15.3. The van der Waals surface area contributed by atoms with Crippen LogP contribution in [0.5, 0.6) is 0 Å². The minimum Gasteiger partial charge on any atom is -0.368 e. The van der Waals surface area contributed by atoms with Crippen LogP contribution in [-0.4, -0.2) is 46.4 Å². The van der Waals surface area contributed by atoms with Crippen molar-refractivity contribution in [1.29, 1.82) is 0 Å². The Kier molecular flexibility index (Phi) is 4.65. The number of hydrogen-bond donors (Lipinski definition) is 0. The maximum atomic E-state index is 13.0. The largest absolute Gasteiger partial charge is 0.368 e. The first-order chi connectivity index (χ1) is 12.6. The van der Waals surface area contributed by atoms with Crippen molar-refractivity contribution in [1.82, 2.24) is 14.3 Å². The molecule has 3 heterocycles. The predicted octanol–water partition coefficient (Wildman–Crippen LogP) is 3.55. The van der Waals surface area contributed by atoms with Crippen LogP contribution in [0.15, 0.2) is 41.9 Å². The van der Waals surface area contributed by atoms with Crippen molar-refractivity contribution in [2.75, 3.05) is 31.1 Å². The van der Waals surface area contributed by atoms with Crippen molar-refractivity contribution in [3.05, 3.63) is 58.6 Å². The molecule has 0 N–H and O–H groups in total. The second-order valence-electron chi connectivity index (χ2n) is 5.97. The predicted molar refractivity (Wildman–Crippen MR) is 102 cm³/mol. The van der Waals surface area contributed by atoms with Gasteiger partial charge in [0.1, 0.15) is 5.82 Å². The van der Waals surface area contributed by atoms with Gasteiger partial charge < -0.3 is 9.80 Å². The van der Waals surface area contributed by atoms with E-state index in [1.807, 2.05) is 16.0 Å². The molecule has 1 saturated heterocycles. The molecule has 0 unspecified atom stereocenters. The maximum absolute atomic E-state index is 13.0. The first-order valence-corrected chi connectivity index (χ1v) is 9.46. The summed E-state index contributed by atoms with van der Waals surface area (Å²) in [6.45, 7) is 2.67. The molecular weight excluding hydrogens is 375 g/mol. The molecule has 2 aromatic heterocycles. The Morgan fingerprint density at radius 2 is 1.92 bits per heavy atom. The number of benzene rings is 1. The van der Waals surface area contributed by atoms with Crippen LogP contribution < -0.4 is 4.90 Å². The first-order valence-electron chi connectivity index (χ1n) is 8.20. The fourth-order valence-electron chi connectivity index (χ4n) is 3.02. The Balaban J connectivity index is 1.40. The quantitative estimate of drug-likeness (QED) is 0.642. The van der Waals surface area contributed by atoms with Crippen LogP contribution in [0, 0.1) is 5.82 Å². The molecule has 4 rings (SSSR count). The van der Waals surface area contributed by atoms with Gasteiger partial charge in [-0.3, -0.25) is 9.20 Å². The lowest BCUT2D eigenvalue weighted by molar-refractivity contribution is -0.126. The minimum atomic E-state index is -0.244. The van der Waals surface area contributed by atoms with E-state index in [2.05, 4.69) is 9.88 Å². The molecule has 0 aliphatic carbocycles. The number of thiazole rings is 1. The smallest absolute Gasteiger partial charge is 0.246 e. The van der Waals surface area contributed by atoms with E-state index in [-0.39, 0.29) is 11.7 Å². The molecule has 0 saturated carbocycles. The highest BCUT2D eigenvalue weighted by atomic mass is 35.5. The molecular formula is C18H16ClFN4OS. The Labute approximate surface area is 158 Å². The van der Waals surface area contributed by atoms with E-state index < -0.39 is 0 Å². The molecule has 3 aromatic rings. The summed E-state index contributed by atoms with van der Waals surface area (Å²) in [5.41, 5.74) is 1.68. The Morgan fingerprint density at radius 1 is 1.19 bits per heavy atom. The van der Waals surface area contributed by atoms with Gasteiger partial charge in [-0.25, -0.2) is 9.37 Å². The van der Waals surface area contributed by atoms with Crippen LogP contribution in [0.2, 0.25) is 5.15 Å². The summed E-state index contributed by atoms with van der Waals surface area (Å²) in [5, 5.41) is 2.31. The maximum Gasteiger partial charge on any atom is 0.246 e. The van der Waals surface area contributed by atoms with Crippen LogP contribution in [0.25, 0.3) is 11.0 Å². The number of nitrogens with zero attached hydrogens (tertiary/aromatic N) is 4. The Morgan fingerprint density at radius 3 is 2.65 bits per heavy atom. The number of amides is 1. The summed E-state index contributed by atoms with van der Waals surface area (Å²) in [6, 6.07) is 6.44. The van der Waals surface area contributed by atoms with Gasteiger partial charge >= 0.3 is 0 Å². The number of anilines is 1. The van der Waals surface area contributed by atoms with E-state index in [0.29, 0.717) is 37.0 Å². The zero-order valence-corrected chi connectivity index (χ0v) is 15.4. The third-order valence-corrected chi connectivity index (χ3v) is 5.46. The summed E-state index contributed by atoms with van der Waals surface area (Å²) in [4.78, 5) is 21.5. The van der Waals surface area contributed by atoms with Gasteiger partial charge in [0, 0.05) is 49.5 Å². The molecule has 0 radical (unpaired) electrons. The highest BCUT2D eigenvalue weighted by Gasteiger charge is 2.20. The fourth-order valence-corrected chi connectivity index (χ4v) is 4.02. The van der Waals surface area contributed by atoms with Crippen LogP contribution in [0.3, 0.4) is 0 Å². The van der Waals surface area contributed by atoms with Crippen molar-refractivity contribution < 1.29 is 9.18 Å². The number of rotatable bonds is 3. The molecule has 134 valence electrons. The van der Waals surface area contributed by atoms with E-state index in [1.54, 1.807) is 29.2 Å². The molecule has 26 heavy (non-hydrogen) atoms. The third-order valence-electron chi connectivity index (χ3n) is 4.42. The highest BCUT2D eigenvalue weighted by Crippen LogP contribution is 2.22. The van der Waals surface area contributed by atoms with E-state index in [1.165, 1.54) is 23.5 Å². The van der Waals surface area contributed by atoms with Gasteiger partial charge in [0.15, 0.2) is 10.1 Å². The van der Waals surface area contributed by atoms with Gasteiger partial charge in [0.25, 0.3) is 0 Å². The summed E-state index contributed by atoms with van der Waals surface area (Å²) in [5.74, 6) is -0.295. The van der Waals surface area contributed by atoms with Crippen molar-refractivity contribution >= 4 is 45.6 Å². The summed E-state index contributed by atoms with van der Waals surface area (Å²) in [7, 11) is 0. The molecule has 1 aliphatic rings. The zero-order chi connectivity index (χ0) is 18.1. The van der Waals surface area contributed by atoms with Gasteiger partial charge in [-0.15, -0.1) is 11.3 Å². The molecule has 1 aromatic carbocycles. The van der Waals surface area contributed by atoms with Crippen molar-refractivity contribution in [3.8, 4) is 0 Å². The molecule has 1 amide bonds. The van der Waals surface area contributed by atoms with E-state index in [4.69, 9.17) is 11.6 Å². The number of carbonyl (C=O) groups is 1. The molecule has 0 atom stereocenters. The lowest BCUT2D eigenvalue weighted by atomic mass is 10.2. The molecule has 0 spiro atoms. The second-order valence-corrected chi connectivity index (χ2v) is 7.20. The Bertz CT molecular complexity index is 957. The second kappa shape index (κ2) is 7.09. The van der Waals surface area contributed by atoms with Crippen LogP contribution >= 0.6 is 22.9 Å². The number of halogens is 2. The van der Waals surface area contributed by atoms with Gasteiger partial charge in [-0.2, -0.15) is 0 Å². The summed E-state index contributed by atoms with van der Waals surface area (Å²) in [6.07, 6.45) is 5.13. The van der Waals surface area contributed by atoms with Gasteiger partial charge in [0.2, 0.25) is 5.91 Å². The molecule has 1 aliphatic heterocycles. The average Bonchev–Trinajstić information content (AvgIpc) is 3.21. The van der Waals surface area contributed by atoms with Crippen molar-refractivity contribution in [2.24, 2.45) is 0 Å². The summed E-state index contributed by atoms with van der Waals surface area (Å²) >= 11 is 7.63. The van der Waals surface area contributed by atoms with Gasteiger partial charge in [-0.1, -0.05) is 11.6 Å². The number of hydrogen-bond acceptors (Lipinski definition) is 4. The number of imidazole rings is 1. The van der Waals surface area contributed by atoms with Crippen LogP contribution in [0.1, 0.15) is 5.69 Å². The minimum absolute atomic E-state index is 0.0509. The van der Waals surface area contributed by atoms with Crippen LogP contribution in [-0.2, 0) is 4.79 Å². The monoisotopic (exact) mass is 390 g/mol. The Hall–Kier alpha value is -2.38. The lowest BCUT2D eigenvalue weighted by Gasteiger charge is -2.35. The number of piperazine rings is 1. The van der Waals surface area contributed by atoms with E-state index in [9.17, 15) is 9.18 Å². The van der Waals surface area contributed by atoms with Gasteiger partial charge in [0.05, 0.1) is 5.69 Å². The zero-order valence-electron chi connectivity index (χ0n) is 13.8. The number of carbonyl (C=O) groups excluding carboxylic acids is 1.